The lowest BCUT2D eigenvalue weighted by molar-refractivity contribution is -0.120. The van der Waals surface area contributed by atoms with Crippen LogP contribution in [0.2, 0.25) is 0 Å². The zero-order chi connectivity index (χ0) is 9.97. The molecule has 2 unspecified atom stereocenters. The second-order valence-corrected chi connectivity index (χ2v) is 3.96. The van der Waals surface area contributed by atoms with E-state index >= 15 is 0 Å². The summed E-state index contributed by atoms with van der Waals surface area (Å²) in [5.41, 5.74) is 0. The van der Waals surface area contributed by atoms with Crippen LogP contribution in [0.1, 0.15) is 19.3 Å². The predicted molar refractivity (Wildman–Crippen MR) is 50.7 cm³/mol. The number of carbonyl (C=O) groups is 2. The van der Waals surface area contributed by atoms with Gasteiger partial charge in [0.05, 0.1) is 0 Å². The van der Waals surface area contributed by atoms with Crippen LogP contribution in [0.15, 0.2) is 0 Å². The first-order valence-corrected chi connectivity index (χ1v) is 5.08. The van der Waals surface area contributed by atoms with Crippen molar-refractivity contribution in [2.24, 2.45) is 5.92 Å². The van der Waals surface area contributed by atoms with E-state index in [2.05, 4.69) is 16.0 Å². The summed E-state index contributed by atoms with van der Waals surface area (Å²) in [5, 5.41) is 8.16. The molecule has 0 aromatic heterocycles. The molecule has 0 spiro atoms. The molecular formula is C9H15N3O2. The van der Waals surface area contributed by atoms with E-state index in [0.717, 1.165) is 32.4 Å². The third-order valence-electron chi connectivity index (χ3n) is 2.83. The number of urea groups is 1. The molecule has 2 atom stereocenters. The van der Waals surface area contributed by atoms with Crippen LogP contribution in [-0.4, -0.2) is 31.1 Å². The van der Waals surface area contributed by atoms with Crippen molar-refractivity contribution in [1.29, 1.82) is 0 Å². The summed E-state index contributed by atoms with van der Waals surface area (Å²) in [6.45, 7) is 2.03. The number of amides is 3. The molecule has 2 rings (SSSR count). The second kappa shape index (κ2) is 3.96. The van der Waals surface area contributed by atoms with Gasteiger partial charge in [-0.05, 0) is 38.3 Å². The number of piperidine rings is 1. The van der Waals surface area contributed by atoms with Crippen LogP contribution < -0.4 is 16.0 Å². The molecule has 0 bridgehead atoms. The summed E-state index contributed by atoms with van der Waals surface area (Å²) in [5.74, 6) is 0.332. The molecule has 0 radical (unpaired) electrons. The van der Waals surface area contributed by atoms with Gasteiger partial charge in [-0.2, -0.15) is 0 Å². The Hall–Kier alpha value is -1.10. The number of nitrogens with one attached hydrogen (secondary N) is 3. The van der Waals surface area contributed by atoms with Crippen molar-refractivity contribution in [3.05, 3.63) is 0 Å². The molecule has 0 aliphatic carbocycles. The van der Waals surface area contributed by atoms with Gasteiger partial charge in [0, 0.05) is 0 Å². The molecule has 0 aromatic carbocycles. The van der Waals surface area contributed by atoms with Crippen molar-refractivity contribution in [1.82, 2.24) is 16.0 Å². The van der Waals surface area contributed by atoms with Crippen molar-refractivity contribution >= 4 is 11.9 Å². The lowest BCUT2D eigenvalue weighted by Crippen LogP contribution is -2.37. The van der Waals surface area contributed by atoms with Gasteiger partial charge in [-0.3, -0.25) is 10.1 Å². The Balaban J connectivity index is 1.84. The molecule has 2 aliphatic rings. The summed E-state index contributed by atoms with van der Waals surface area (Å²) in [4.78, 5) is 22.1. The number of hydrogen-bond donors (Lipinski definition) is 3. The standard InChI is InChI=1S/C9H15N3O2/c13-8-7(11-9(14)12-8)4-6-2-1-3-10-5-6/h6-7,10H,1-5H2,(H2,11,12,13,14). The van der Waals surface area contributed by atoms with Crippen LogP contribution in [0.5, 0.6) is 0 Å². The zero-order valence-electron chi connectivity index (χ0n) is 8.01. The lowest BCUT2D eigenvalue weighted by atomic mass is 9.92. The number of imide groups is 1. The Morgan fingerprint density at radius 3 is 2.79 bits per heavy atom. The highest BCUT2D eigenvalue weighted by Gasteiger charge is 2.31. The van der Waals surface area contributed by atoms with E-state index in [1.165, 1.54) is 0 Å². The van der Waals surface area contributed by atoms with Crippen LogP contribution in [0.25, 0.3) is 0 Å². The summed E-state index contributed by atoms with van der Waals surface area (Å²) < 4.78 is 0. The molecule has 2 fully saturated rings. The molecule has 2 heterocycles. The molecule has 2 aliphatic heterocycles. The van der Waals surface area contributed by atoms with Crippen molar-refractivity contribution in [2.75, 3.05) is 13.1 Å². The van der Waals surface area contributed by atoms with Gasteiger partial charge in [-0.15, -0.1) is 0 Å². The normalized spacial score (nSPS) is 32.6. The van der Waals surface area contributed by atoms with Crippen LogP contribution in [0, 0.1) is 5.92 Å². The number of carbonyl (C=O) groups excluding carboxylic acids is 2. The Labute approximate surface area is 82.6 Å². The van der Waals surface area contributed by atoms with Gasteiger partial charge in [0.25, 0.3) is 5.91 Å². The molecule has 3 amide bonds. The maximum absolute atomic E-state index is 11.2. The minimum Gasteiger partial charge on any atom is -0.326 e. The van der Waals surface area contributed by atoms with Gasteiger partial charge in [-0.25, -0.2) is 4.79 Å². The molecular weight excluding hydrogens is 182 g/mol. The fraction of sp³-hybridized carbons (Fsp3) is 0.778. The van der Waals surface area contributed by atoms with Crippen LogP contribution in [0.4, 0.5) is 4.79 Å². The van der Waals surface area contributed by atoms with E-state index in [0.29, 0.717) is 5.92 Å². The fourth-order valence-electron chi connectivity index (χ4n) is 2.08. The van der Waals surface area contributed by atoms with Crippen LogP contribution >= 0.6 is 0 Å². The average Bonchev–Trinajstić information content (AvgIpc) is 2.47. The maximum Gasteiger partial charge on any atom is 0.322 e. The quantitative estimate of drug-likeness (QED) is 0.527. The van der Waals surface area contributed by atoms with Gasteiger partial charge < -0.3 is 10.6 Å². The van der Waals surface area contributed by atoms with Gasteiger partial charge in [0.15, 0.2) is 0 Å². The summed E-state index contributed by atoms with van der Waals surface area (Å²) in [7, 11) is 0. The third-order valence-corrected chi connectivity index (χ3v) is 2.83. The highest BCUT2D eigenvalue weighted by Crippen LogP contribution is 2.17. The summed E-state index contributed by atoms with van der Waals surface area (Å²) in [6.07, 6.45) is 3.06. The van der Waals surface area contributed by atoms with Crippen molar-refractivity contribution in [3.63, 3.8) is 0 Å². The summed E-state index contributed by atoms with van der Waals surface area (Å²) in [6, 6.07) is -0.670. The van der Waals surface area contributed by atoms with E-state index in [-0.39, 0.29) is 18.0 Å². The molecule has 0 saturated carbocycles. The van der Waals surface area contributed by atoms with Crippen molar-refractivity contribution in [2.45, 2.75) is 25.3 Å². The maximum atomic E-state index is 11.2. The van der Waals surface area contributed by atoms with Gasteiger partial charge >= 0.3 is 6.03 Å². The molecule has 5 nitrogen and oxygen atoms in total. The Bertz CT molecular complexity index is 248. The third kappa shape index (κ3) is 2.04. The first-order chi connectivity index (χ1) is 6.75. The molecule has 5 heteroatoms. The van der Waals surface area contributed by atoms with E-state index in [1.807, 2.05) is 0 Å². The Kier molecular flexibility index (Phi) is 2.67. The largest absolute Gasteiger partial charge is 0.326 e. The number of rotatable bonds is 2. The lowest BCUT2D eigenvalue weighted by Gasteiger charge is -2.24. The smallest absolute Gasteiger partial charge is 0.322 e. The van der Waals surface area contributed by atoms with E-state index in [1.54, 1.807) is 0 Å². The molecule has 14 heavy (non-hydrogen) atoms. The first-order valence-electron chi connectivity index (χ1n) is 5.08. The van der Waals surface area contributed by atoms with Crippen molar-refractivity contribution < 1.29 is 9.59 Å². The predicted octanol–water partition coefficient (Wildman–Crippen LogP) is -0.416. The minimum absolute atomic E-state index is 0.180. The topological polar surface area (TPSA) is 70.2 Å². The summed E-state index contributed by atoms with van der Waals surface area (Å²) >= 11 is 0. The van der Waals surface area contributed by atoms with E-state index < -0.39 is 0 Å². The number of hydrogen-bond acceptors (Lipinski definition) is 3. The van der Waals surface area contributed by atoms with E-state index in [4.69, 9.17) is 0 Å². The highest BCUT2D eigenvalue weighted by molar-refractivity contribution is 6.04. The highest BCUT2D eigenvalue weighted by atomic mass is 16.2. The minimum atomic E-state index is -0.358. The van der Waals surface area contributed by atoms with Crippen LogP contribution in [0.3, 0.4) is 0 Å². The second-order valence-electron chi connectivity index (χ2n) is 3.96. The monoisotopic (exact) mass is 197 g/mol. The molecule has 78 valence electrons. The van der Waals surface area contributed by atoms with Crippen LogP contribution in [-0.2, 0) is 4.79 Å². The average molecular weight is 197 g/mol. The zero-order valence-corrected chi connectivity index (χ0v) is 8.01. The molecule has 2 saturated heterocycles. The van der Waals surface area contributed by atoms with Gasteiger partial charge in [0.1, 0.15) is 6.04 Å². The van der Waals surface area contributed by atoms with Gasteiger partial charge in [0.2, 0.25) is 0 Å². The molecule has 3 N–H and O–H groups in total. The fourth-order valence-corrected chi connectivity index (χ4v) is 2.08. The SMILES string of the molecule is O=C1NC(=O)C(CC2CCCNC2)N1. The van der Waals surface area contributed by atoms with Crippen molar-refractivity contribution in [3.8, 4) is 0 Å². The molecule has 0 aromatic rings. The van der Waals surface area contributed by atoms with E-state index in [9.17, 15) is 9.59 Å². The first kappa shape index (κ1) is 9.45. The van der Waals surface area contributed by atoms with Gasteiger partial charge in [-0.1, -0.05) is 0 Å². The Morgan fingerprint density at radius 1 is 1.36 bits per heavy atom. The Morgan fingerprint density at radius 2 is 2.21 bits per heavy atom.